The number of aryl methyl sites for hydroxylation is 1. The largest absolute Gasteiger partial charge is 0.369 e. The Kier molecular flexibility index (Phi) is 4.98. The minimum absolute atomic E-state index is 0.00560. The molecule has 1 heterocycles. The van der Waals surface area contributed by atoms with Crippen LogP contribution in [-0.4, -0.2) is 33.4 Å². The molecule has 0 saturated carbocycles. The number of nitrogens with two attached hydrogens (primary N) is 1. The Labute approximate surface area is 134 Å². The first kappa shape index (κ1) is 16.9. The summed E-state index contributed by atoms with van der Waals surface area (Å²) in [6.07, 6.45) is 4.95. The van der Waals surface area contributed by atoms with E-state index in [0.29, 0.717) is 29.8 Å². The van der Waals surface area contributed by atoms with E-state index in [9.17, 15) is 14.4 Å². The van der Waals surface area contributed by atoms with E-state index in [1.807, 2.05) is 12.2 Å². The average molecular weight is 318 g/mol. The van der Waals surface area contributed by atoms with Gasteiger partial charge >= 0.3 is 0 Å². The molecule has 1 aliphatic rings. The fourth-order valence-electron chi connectivity index (χ4n) is 3.04. The summed E-state index contributed by atoms with van der Waals surface area (Å²) in [6, 6.07) is -0.297. The normalized spacial score (nSPS) is 20.3. The molecule has 0 radical (unpaired) electrons. The topological polar surface area (TPSA) is 107 Å². The molecular formula is C16H22N4O3. The van der Waals surface area contributed by atoms with Crippen LogP contribution in [0.5, 0.6) is 0 Å². The number of aromatic nitrogens is 2. The zero-order valence-corrected chi connectivity index (χ0v) is 13.6. The van der Waals surface area contributed by atoms with Crippen molar-refractivity contribution in [1.82, 2.24) is 15.1 Å². The van der Waals surface area contributed by atoms with Crippen LogP contribution in [0.3, 0.4) is 0 Å². The third-order valence-corrected chi connectivity index (χ3v) is 4.17. The Morgan fingerprint density at radius 3 is 2.52 bits per heavy atom. The van der Waals surface area contributed by atoms with Crippen molar-refractivity contribution in [2.24, 2.45) is 11.7 Å². The van der Waals surface area contributed by atoms with Crippen LogP contribution in [-0.2, 0) is 16.1 Å². The van der Waals surface area contributed by atoms with E-state index >= 15 is 0 Å². The highest BCUT2D eigenvalue weighted by Crippen LogP contribution is 2.19. The Bertz CT molecular complexity index is 675. The van der Waals surface area contributed by atoms with Crippen LogP contribution in [0.15, 0.2) is 12.2 Å². The van der Waals surface area contributed by atoms with Crippen molar-refractivity contribution in [3.63, 3.8) is 0 Å². The maximum Gasteiger partial charge on any atom is 0.241 e. The second-order valence-electron chi connectivity index (χ2n) is 5.89. The molecule has 0 saturated heterocycles. The summed E-state index contributed by atoms with van der Waals surface area (Å²) in [5.74, 6) is -1.13. The fourth-order valence-corrected chi connectivity index (χ4v) is 3.04. The average Bonchev–Trinajstić information content (AvgIpc) is 2.73. The van der Waals surface area contributed by atoms with Gasteiger partial charge in [0.2, 0.25) is 11.8 Å². The first-order chi connectivity index (χ1) is 10.8. The molecular weight excluding hydrogens is 296 g/mol. The third kappa shape index (κ3) is 3.67. The molecule has 7 heteroatoms. The van der Waals surface area contributed by atoms with Gasteiger partial charge in [-0.2, -0.15) is 5.10 Å². The first-order valence-electron chi connectivity index (χ1n) is 7.60. The van der Waals surface area contributed by atoms with E-state index < -0.39 is 11.8 Å². The predicted molar refractivity (Wildman–Crippen MR) is 84.7 cm³/mol. The molecule has 1 aromatic rings. The fraction of sp³-hybridized carbons (Fsp3) is 0.500. The van der Waals surface area contributed by atoms with Gasteiger partial charge in [-0.15, -0.1) is 0 Å². The van der Waals surface area contributed by atoms with Crippen LogP contribution < -0.4 is 11.1 Å². The number of carbonyl (C=O) groups is 3. The number of rotatable bonds is 5. The standard InChI is InChI=1S/C16H22N4O3/c1-9-15(11(3)21)10(2)20(19-9)8-14(22)18-13-7-5-4-6-12(13)16(17)23/h4-5,12-13H,6-8H2,1-3H3,(H2,17,23)(H,18,22)/t12-,13-/m1/s1. The van der Waals surface area contributed by atoms with Crippen molar-refractivity contribution in [3.05, 3.63) is 29.1 Å². The molecule has 2 amide bonds. The SMILES string of the molecule is CC(=O)c1c(C)nn(CC(=O)N[C@@H]2CC=CC[C@H]2C(N)=O)c1C. The van der Waals surface area contributed by atoms with Crippen molar-refractivity contribution in [2.75, 3.05) is 0 Å². The van der Waals surface area contributed by atoms with Crippen LogP contribution >= 0.6 is 0 Å². The number of nitrogens with zero attached hydrogens (tertiary/aromatic N) is 2. The zero-order chi connectivity index (χ0) is 17.1. The minimum atomic E-state index is -0.412. The third-order valence-electron chi connectivity index (χ3n) is 4.17. The van der Waals surface area contributed by atoms with Crippen LogP contribution in [0, 0.1) is 19.8 Å². The summed E-state index contributed by atoms with van der Waals surface area (Å²) in [5.41, 5.74) is 7.21. The quantitative estimate of drug-likeness (QED) is 0.613. The molecule has 23 heavy (non-hydrogen) atoms. The molecule has 0 bridgehead atoms. The summed E-state index contributed by atoms with van der Waals surface area (Å²) in [4.78, 5) is 35.3. The van der Waals surface area contributed by atoms with Gasteiger partial charge < -0.3 is 11.1 Å². The lowest BCUT2D eigenvalue weighted by atomic mass is 9.88. The predicted octanol–water partition coefficient (Wildman–Crippen LogP) is 0.639. The van der Waals surface area contributed by atoms with Crippen molar-refractivity contribution < 1.29 is 14.4 Å². The van der Waals surface area contributed by atoms with Crippen LogP contribution in [0.1, 0.15) is 41.5 Å². The number of carbonyl (C=O) groups excluding carboxylic acids is 3. The Morgan fingerprint density at radius 1 is 1.30 bits per heavy atom. The van der Waals surface area contributed by atoms with E-state index in [2.05, 4.69) is 10.4 Å². The summed E-state index contributed by atoms with van der Waals surface area (Å²) >= 11 is 0. The maximum atomic E-state index is 12.3. The van der Waals surface area contributed by atoms with Gasteiger partial charge in [-0.05, 0) is 33.6 Å². The number of nitrogens with one attached hydrogen (secondary N) is 1. The molecule has 0 aromatic carbocycles. The lowest BCUT2D eigenvalue weighted by molar-refractivity contribution is -0.125. The summed E-state index contributed by atoms with van der Waals surface area (Å²) in [5, 5.41) is 7.10. The lowest BCUT2D eigenvalue weighted by Crippen LogP contribution is -2.47. The number of hydrogen-bond acceptors (Lipinski definition) is 4. The molecule has 2 rings (SSSR count). The van der Waals surface area contributed by atoms with Crippen LogP contribution in [0.4, 0.5) is 0 Å². The van der Waals surface area contributed by atoms with E-state index in [1.54, 1.807) is 13.8 Å². The molecule has 1 aromatic heterocycles. The van der Waals surface area contributed by atoms with Gasteiger partial charge in [-0.1, -0.05) is 12.2 Å². The number of hydrogen-bond donors (Lipinski definition) is 2. The Hall–Kier alpha value is -2.44. The number of Topliss-reactive ketones (excluding diaryl/α,β-unsaturated/α-hetero) is 1. The van der Waals surface area contributed by atoms with Crippen molar-refractivity contribution in [1.29, 1.82) is 0 Å². The number of amides is 2. The van der Waals surface area contributed by atoms with Crippen LogP contribution in [0.25, 0.3) is 0 Å². The van der Waals surface area contributed by atoms with E-state index in [-0.39, 0.29) is 24.3 Å². The minimum Gasteiger partial charge on any atom is -0.369 e. The summed E-state index contributed by atoms with van der Waals surface area (Å²) in [7, 11) is 0. The molecule has 0 spiro atoms. The van der Waals surface area contributed by atoms with Crippen molar-refractivity contribution in [3.8, 4) is 0 Å². The summed E-state index contributed by atoms with van der Waals surface area (Å²) in [6.45, 7) is 4.99. The molecule has 3 N–H and O–H groups in total. The highest BCUT2D eigenvalue weighted by Gasteiger charge is 2.28. The summed E-state index contributed by atoms with van der Waals surface area (Å²) < 4.78 is 1.51. The van der Waals surface area contributed by atoms with Crippen molar-refractivity contribution in [2.45, 2.75) is 46.2 Å². The lowest BCUT2D eigenvalue weighted by Gasteiger charge is -2.26. The molecule has 1 aliphatic carbocycles. The molecule has 0 fully saturated rings. The van der Waals surface area contributed by atoms with Crippen LogP contribution in [0.2, 0.25) is 0 Å². The number of ketones is 1. The van der Waals surface area contributed by atoms with E-state index in [1.165, 1.54) is 11.6 Å². The first-order valence-corrected chi connectivity index (χ1v) is 7.60. The highest BCUT2D eigenvalue weighted by molar-refractivity contribution is 5.96. The Morgan fingerprint density at radius 2 is 1.96 bits per heavy atom. The van der Waals surface area contributed by atoms with Gasteiger partial charge in [0, 0.05) is 11.7 Å². The Balaban J connectivity index is 2.08. The number of allylic oxidation sites excluding steroid dienone is 1. The molecule has 2 atom stereocenters. The second kappa shape index (κ2) is 6.76. The smallest absolute Gasteiger partial charge is 0.241 e. The van der Waals surface area contributed by atoms with Gasteiger partial charge in [0.05, 0.1) is 17.2 Å². The van der Waals surface area contributed by atoms with E-state index in [0.717, 1.165) is 0 Å². The zero-order valence-electron chi connectivity index (χ0n) is 13.6. The molecule has 0 unspecified atom stereocenters. The monoisotopic (exact) mass is 318 g/mol. The molecule has 7 nitrogen and oxygen atoms in total. The number of primary amides is 1. The second-order valence-corrected chi connectivity index (χ2v) is 5.89. The van der Waals surface area contributed by atoms with Gasteiger partial charge in [0.1, 0.15) is 6.54 Å². The van der Waals surface area contributed by atoms with Gasteiger partial charge in [0.15, 0.2) is 5.78 Å². The van der Waals surface area contributed by atoms with Crippen molar-refractivity contribution >= 4 is 17.6 Å². The van der Waals surface area contributed by atoms with E-state index in [4.69, 9.17) is 5.73 Å². The highest BCUT2D eigenvalue weighted by atomic mass is 16.2. The van der Waals surface area contributed by atoms with Gasteiger partial charge in [-0.25, -0.2) is 0 Å². The molecule has 124 valence electrons. The van der Waals surface area contributed by atoms with Gasteiger partial charge in [-0.3, -0.25) is 19.1 Å². The van der Waals surface area contributed by atoms with Gasteiger partial charge in [0.25, 0.3) is 0 Å². The maximum absolute atomic E-state index is 12.3. The molecule has 0 aliphatic heterocycles.